The van der Waals surface area contributed by atoms with Gasteiger partial charge in [0.25, 0.3) is 0 Å². The Kier molecular flexibility index (Phi) is 5.26. The predicted octanol–water partition coefficient (Wildman–Crippen LogP) is 2.68. The normalized spacial score (nSPS) is 26.5. The molecule has 1 saturated heterocycles. The molecule has 1 unspecified atom stereocenters. The second-order valence-corrected chi connectivity index (χ2v) is 4.45. The molecule has 3 heteroatoms. The SMILES string of the molecule is CC(=O)CCCCOC1(C)CCCCO1. The van der Waals surface area contributed by atoms with Crippen LogP contribution < -0.4 is 0 Å². The maximum absolute atomic E-state index is 10.7. The van der Waals surface area contributed by atoms with Gasteiger partial charge >= 0.3 is 0 Å². The zero-order chi connectivity index (χ0) is 11.1. The molecule has 0 amide bonds. The summed E-state index contributed by atoms with van der Waals surface area (Å²) in [5, 5.41) is 0. The minimum Gasteiger partial charge on any atom is -0.350 e. The van der Waals surface area contributed by atoms with E-state index in [1.807, 2.05) is 6.92 Å². The first-order valence-corrected chi connectivity index (χ1v) is 5.90. The number of unbranched alkanes of at least 4 members (excludes halogenated alkanes) is 1. The van der Waals surface area contributed by atoms with Crippen LogP contribution in [-0.2, 0) is 14.3 Å². The molecule has 1 aliphatic heterocycles. The topological polar surface area (TPSA) is 35.5 Å². The van der Waals surface area contributed by atoms with Crippen LogP contribution in [0.5, 0.6) is 0 Å². The highest BCUT2D eigenvalue weighted by Gasteiger charge is 2.27. The molecular weight excluding hydrogens is 192 g/mol. The van der Waals surface area contributed by atoms with E-state index in [4.69, 9.17) is 9.47 Å². The van der Waals surface area contributed by atoms with Crippen LogP contribution in [0, 0.1) is 0 Å². The van der Waals surface area contributed by atoms with E-state index in [-0.39, 0.29) is 11.6 Å². The van der Waals surface area contributed by atoms with Crippen LogP contribution in [0.4, 0.5) is 0 Å². The molecule has 0 aromatic carbocycles. The van der Waals surface area contributed by atoms with Crippen molar-refractivity contribution in [2.45, 2.75) is 58.2 Å². The van der Waals surface area contributed by atoms with Crippen LogP contribution in [0.2, 0.25) is 0 Å². The summed E-state index contributed by atoms with van der Waals surface area (Å²) in [7, 11) is 0. The Balaban J connectivity index is 2.05. The Morgan fingerprint density at radius 1 is 1.40 bits per heavy atom. The summed E-state index contributed by atoms with van der Waals surface area (Å²) in [6.07, 6.45) is 5.85. The van der Waals surface area contributed by atoms with Crippen molar-refractivity contribution in [1.82, 2.24) is 0 Å². The van der Waals surface area contributed by atoms with Gasteiger partial charge in [-0.25, -0.2) is 0 Å². The molecule has 88 valence electrons. The molecule has 1 atom stereocenters. The molecule has 0 aliphatic carbocycles. The van der Waals surface area contributed by atoms with E-state index in [1.54, 1.807) is 6.92 Å². The Bertz CT molecular complexity index is 195. The average molecular weight is 214 g/mol. The molecule has 0 aromatic rings. The third kappa shape index (κ3) is 5.28. The molecule has 0 radical (unpaired) electrons. The second-order valence-electron chi connectivity index (χ2n) is 4.45. The summed E-state index contributed by atoms with van der Waals surface area (Å²) < 4.78 is 11.3. The van der Waals surface area contributed by atoms with Gasteiger partial charge in [-0.05, 0) is 39.5 Å². The fraction of sp³-hybridized carbons (Fsp3) is 0.917. The molecule has 1 aliphatic rings. The lowest BCUT2D eigenvalue weighted by atomic mass is 10.1. The fourth-order valence-electron chi connectivity index (χ4n) is 1.79. The van der Waals surface area contributed by atoms with E-state index in [0.717, 1.165) is 32.3 Å². The summed E-state index contributed by atoms with van der Waals surface area (Å²) in [5.41, 5.74) is 0. The molecule has 15 heavy (non-hydrogen) atoms. The van der Waals surface area contributed by atoms with Gasteiger partial charge < -0.3 is 14.3 Å². The van der Waals surface area contributed by atoms with Crippen LogP contribution in [0.15, 0.2) is 0 Å². The van der Waals surface area contributed by atoms with Crippen LogP contribution in [0.3, 0.4) is 0 Å². The summed E-state index contributed by atoms with van der Waals surface area (Å²) in [5.74, 6) is -0.107. The zero-order valence-electron chi connectivity index (χ0n) is 9.88. The Morgan fingerprint density at radius 2 is 2.20 bits per heavy atom. The van der Waals surface area contributed by atoms with Crippen molar-refractivity contribution in [1.29, 1.82) is 0 Å². The van der Waals surface area contributed by atoms with Gasteiger partial charge in [-0.15, -0.1) is 0 Å². The van der Waals surface area contributed by atoms with Gasteiger partial charge in [0.1, 0.15) is 5.78 Å². The number of hydrogen-bond donors (Lipinski definition) is 0. The lowest BCUT2D eigenvalue weighted by Gasteiger charge is -2.33. The molecule has 0 N–H and O–H groups in total. The van der Waals surface area contributed by atoms with Gasteiger partial charge in [-0.2, -0.15) is 0 Å². The van der Waals surface area contributed by atoms with Gasteiger partial charge in [-0.3, -0.25) is 0 Å². The molecule has 1 fully saturated rings. The maximum atomic E-state index is 10.7. The van der Waals surface area contributed by atoms with Gasteiger partial charge in [0.15, 0.2) is 5.79 Å². The molecule has 0 aromatic heterocycles. The van der Waals surface area contributed by atoms with Gasteiger partial charge in [0.2, 0.25) is 0 Å². The average Bonchev–Trinajstić information content (AvgIpc) is 2.17. The number of ether oxygens (including phenoxy) is 2. The van der Waals surface area contributed by atoms with Crippen LogP contribution in [0.25, 0.3) is 0 Å². The monoisotopic (exact) mass is 214 g/mol. The van der Waals surface area contributed by atoms with Crippen molar-refractivity contribution in [3.8, 4) is 0 Å². The van der Waals surface area contributed by atoms with E-state index < -0.39 is 0 Å². The Hall–Kier alpha value is -0.410. The molecule has 1 rings (SSSR count). The highest BCUT2D eigenvalue weighted by Crippen LogP contribution is 2.25. The van der Waals surface area contributed by atoms with Crippen molar-refractivity contribution < 1.29 is 14.3 Å². The molecular formula is C12H22O3. The molecule has 3 nitrogen and oxygen atoms in total. The molecule has 0 saturated carbocycles. The Morgan fingerprint density at radius 3 is 2.80 bits per heavy atom. The van der Waals surface area contributed by atoms with Crippen molar-refractivity contribution in [2.75, 3.05) is 13.2 Å². The number of carbonyl (C=O) groups excluding carboxylic acids is 1. The lowest BCUT2D eigenvalue weighted by Crippen LogP contribution is -2.36. The number of hydrogen-bond acceptors (Lipinski definition) is 3. The number of rotatable bonds is 6. The van der Waals surface area contributed by atoms with Gasteiger partial charge in [0.05, 0.1) is 13.2 Å². The molecule has 0 bridgehead atoms. The Labute approximate surface area is 92.1 Å². The van der Waals surface area contributed by atoms with Crippen LogP contribution in [-0.4, -0.2) is 24.8 Å². The number of ketones is 1. The van der Waals surface area contributed by atoms with Crippen LogP contribution >= 0.6 is 0 Å². The van der Waals surface area contributed by atoms with Crippen molar-refractivity contribution >= 4 is 5.78 Å². The molecule has 0 spiro atoms. The minimum absolute atomic E-state index is 0.259. The lowest BCUT2D eigenvalue weighted by molar-refractivity contribution is -0.244. The van der Waals surface area contributed by atoms with Gasteiger partial charge in [0, 0.05) is 12.8 Å². The van der Waals surface area contributed by atoms with E-state index in [9.17, 15) is 4.79 Å². The first-order valence-electron chi connectivity index (χ1n) is 5.90. The second kappa shape index (κ2) is 6.23. The zero-order valence-corrected chi connectivity index (χ0v) is 9.88. The highest BCUT2D eigenvalue weighted by molar-refractivity contribution is 5.75. The smallest absolute Gasteiger partial charge is 0.165 e. The minimum atomic E-state index is -0.367. The number of Topliss-reactive ketones (excluding diaryl/α,β-unsaturated/α-hetero) is 1. The van der Waals surface area contributed by atoms with E-state index in [1.165, 1.54) is 6.42 Å². The largest absolute Gasteiger partial charge is 0.350 e. The van der Waals surface area contributed by atoms with Crippen molar-refractivity contribution in [3.05, 3.63) is 0 Å². The summed E-state index contributed by atoms with van der Waals surface area (Å²) >= 11 is 0. The third-order valence-corrected chi connectivity index (χ3v) is 2.76. The summed E-state index contributed by atoms with van der Waals surface area (Å²) in [4.78, 5) is 10.7. The van der Waals surface area contributed by atoms with Crippen molar-refractivity contribution in [3.63, 3.8) is 0 Å². The first kappa shape index (κ1) is 12.7. The first-order chi connectivity index (χ1) is 7.12. The third-order valence-electron chi connectivity index (χ3n) is 2.76. The summed E-state index contributed by atoms with van der Waals surface area (Å²) in [6.45, 7) is 5.15. The van der Waals surface area contributed by atoms with E-state index >= 15 is 0 Å². The molecule has 1 heterocycles. The standard InChI is InChI=1S/C12H22O3/c1-11(13)7-3-5-9-14-12(2)8-4-6-10-15-12/h3-10H2,1-2H3. The quantitative estimate of drug-likeness (QED) is 0.638. The van der Waals surface area contributed by atoms with Crippen molar-refractivity contribution in [2.24, 2.45) is 0 Å². The van der Waals surface area contributed by atoms with Crippen LogP contribution in [0.1, 0.15) is 52.4 Å². The number of carbonyl (C=O) groups is 1. The highest BCUT2D eigenvalue weighted by atomic mass is 16.7. The van der Waals surface area contributed by atoms with E-state index in [2.05, 4.69) is 0 Å². The fourth-order valence-corrected chi connectivity index (χ4v) is 1.79. The summed E-state index contributed by atoms with van der Waals surface area (Å²) in [6, 6.07) is 0. The maximum Gasteiger partial charge on any atom is 0.165 e. The predicted molar refractivity (Wildman–Crippen MR) is 58.7 cm³/mol. The van der Waals surface area contributed by atoms with Gasteiger partial charge in [-0.1, -0.05) is 0 Å². The van der Waals surface area contributed by atoms with E-state index in [0.29, 0.717) is 13.0 Å².